The van der Waals surface area contributed by atoms with Crippen molar-refractivity contribution in [3.05, 3.63) is 0 Å². The molecule has 0 rings (SSSR count). The van der Waals surface area contributed by atoms with E-state index < -0.39 is 0 Å². The lowest BCUT2D eigenvalue weighted by molar-refractivity contribution is -0.0790. The average molecular weight is 303 g/mol. The molecule has 1 N–H and O–H groups in total. The summed E-state index contributed by atoms with van der Waals surface area (Å²) in [5.41, 5.74) is -0.299. The zero-order valence-electron chi connectivity index (χ0n) is 15.4. The van der Waals surface area contributed by atoms with Gasteiger partial charge in [0, 0.05) is 6.04 Å². The highest BCUT2D eigenvalue weighted by molar-refractivity contribution is 4.90. The van der Waals surface area contributed by atoms with E-state index in [2.05, 4.69) is 60.7 Å². The van der Waals surface area contributed by atoms with E-state index >= 15 is 0 Å². The molecule has 0 spiro atoms. The van der Waals surface area contributed by atoms with Crippen LogP contribution in [0.1, 0.15) is 61.8 Å². The zero-order chi connectivity index (χ0) is 16.5. The summed E-state index contributed by atoms with van der Waals surface area (Å²) in [7, 11) is 0. The van der Waals surface area contributed by atoms with Crippen LogP contribution in [0.25, 0.3) is 0 Å². The van der Waals surface area contributed by atoms with Gasteiger partial charge in [-0.2, -0.15) is 0 Å². The van der Waals surface area contributed by atoms with Crippen LogP contribution in [0.4, 0.5) is 0 Å². The van der Waals surface area contributed by atoms with Gasteiger partial charge in [-0.3, -0.25) is 0 Å². The van der Waals surface area contributed by atoms with Crippen molar-refractivity contribution in [2.24, 2.45) is 0 Å². The van der Waals surface area contributed by atoms with E-state index in [9.17, 15) is 0 Å². The average Bonchev–Trinajstić information content (AvgIpc) is 2.39. The van der Waals surface area contributed by atoms with Crippen LogP contribution in [0.5, 0.6) is 0 Å². The second kappa shape index (κ2) is 10.5. The monoisotopic (exact) mass is 303 g/mol. The summed E-state index contributed by atoms with van der Waals surface area (Å²) in [6, 6.07) is 0.344. The second-order valence-corrected chi connectivity index (χ2v) is 6.83. The van der Waals surface area contributed by atoms with E-state index in [1.165, 1.54) is 0 Å². The highest BCUT2D eigenvalue weighted by Gasteiger charge is 2.33. The van der Waals surface area contributed by atoms with Gasteiger partial charge in [-0.25, -0.2) is 0 Å². The first kappa shape index (κ1) is 20.8. The molecule has 0 amide bonds. The molecule has 0 bridgehead atoms. The molecular weight excluding hydrogens is 266 g/mol. The van der Waals surface area contributed by atoms with Gasteiger partial charge in [0.15, 0.2) is 0 Å². The molecule has 0 aromatic heterocycles. The van der Waals surface area contributed by atoms with Crippen molar-refractivity contribution in [3.63, 3.8) is 0 Å². The van der Waals surface area contributed by atoms with E-state index in [-0.39, 0.29) is 23.9 Å². The van der Waals surface area contributed by atoms with Crippen LogP contribution in [0.15, 0.2) is 0 Å². The number of ether oxygens (including phenoxy) is 3. The van der Waals surface area contributed by atoms with E-state index in [4.69, 9.17) is 14.2 Å². The summed E-state index contributed by atoms with van der Waals surface area (Å²) in [5, 5.41) is 3.61. The summed E-state index contributed by atoms with van der Waals surface area (Å²) in [6.45, 7) is 18.5. The molecule has 0 fully saturated rings. The SMILES string of the molecule is CCC(C)OCC(COC(C)C)(COC(C)C)NC(C)C. The molecule has 4 nitrogen and oxygen atoms in total. The molecule has 128 valence electrons. The summed E-state index contributed by atoms with van der Waals surface area (Å²) in [5.74, 6) is 0. The molecule has 4 heteroatoms. The van der Waals surface area contributed by atoms with Gasteiger partial charge in [0.25, 0.3) is 0 Å². The normalized spacial score (nSPS) is 14.4. The van der Waals surface area contributed by atoms with Crippen LogP contribution in [-0.4, -0.2) is 49.7 Å². The molecule has 0 radical (unpaired) electrons. The molecule has 0 aromatic rings. The van der Waals surface area contributed by atoms with Crippen LogP contribution in [0.2, 0.25) is 0 Å². The van der Waals surface area contributed by atoms with Crippen LogP contribution in [0, 0.1) is 0 Å². The molecule has 0 aliphatic heterocycles. The molecule has 0 saturated heterocycles. The topological polar surface area (TPSA) is 39.7 Å². The summed E-state index contributed by atoms with van der Waals surface area (Å²) in [4.78, 5) is 0. The summed E-state index contributed by atoms with van der Waals surface area (Å²) >= 11 is 0. The Hall–Kier alpha value is -0.160. The van der Waals surface area contributed by atoms with Crippen molar-refractivity contribution >= 4 is 0 Å². The number of rotatable bonds is 12. The maximum atomic E-state index is 6.00. The fraction of sp³-hybridized carbons (Fsp3) is 1.00. The van der Waals surface area contributed by atoms with Gasteiger partial charge >= 0.3 is 0 Å². The first-order chi connectivity index (χ1) is 9.70. The van der Waals surface area contributed by atoms with E-state index in [0.717, 1.165) is 6.42 Å². The molecule has 0 heterocycles. The fourth-order valence-electron chi connectivity index (χ4n) is 1.93. The van der Waals surface area contributed by atoms with Gasteiger partial charge < -0.3 is 19.5 Å². The Labute approximate surface area is 131 Å². The van der Waals surface area contributed by atoms with Crippen LogP contribution in [0.3, 0.4) is 0 Å². The zero-order valence-corrected chi connectivity index (χ0v) is 15.4. The first-order valence-corrected chi connectivity index (χ1v) is 8.33. The lowest BCUT2D eigenvalue weighted by Crippen LogP contribution is -2.59. The van der Waals surface area contributed by atoms with Gasteiger partial charge in [-0.15, -0.1) is 0 Å². The quantitative estimate of drug-likeness (QED) is 0.600. The molecule has 1 atom stereocenters. The van der Waals surface area contributed by atoms with Crippen LogP contribution >= 0.6 is 0 Å². The Bertz CT molecular complexity index is 242. The third kappa shape index (κ3) is 10.2. The van der Waals surface area contributed by atoms with Crippen LogP contribution in [-0.2, 0) is 14.2 Å². The van der Waals surface area contributed by atoms with Crippen molar-refractivity contribution in [3.8, 4) is 0 Å². The highest BCUT2D eigenvalue weighted by atomic mass is 16.5. The fourth-order valence-corrected chi connectivity index (χ4v) is 1.93. The molecule has 21 heavy (non-hydrogen) atoms. The van der Waals surface area contributed by atoms with Crippen molar-refractivity contribution < 1.29 is 14.2 Å². The largest absolute Gasteiger partial charge is 0.377 e. The Balaban J connectivity index is 4.88. The molecule has 0 aliphatic carbocycles. The lowest BCUT2D eigenvalue weighted by atomic mass is 10.0. The number of hydrogen-bond donors (Lipinski definition) is 1. The minimum absolute atomic E-state index is 0.195. The third-order valence-corrected chi connectivity index (χ3v) is 3.20. The standard InChI is InChI=1S/C17H37NO3/c1-9-16(8)21-12-17(18-13(2)3,10-19-14(4)5)11-20-15(6)7/h13-16,18H,9-12H2,1-8H3. The predicted octanol–water partition coefficient (Wildman–Crippen LogP) is 3.39. The van der Waals surface area contributed by atoms with Crippen LogP contribution < -0.4 is 5.32 Å². The minimum Gasteiger partial charge on any atom is -0.377 e. The minimum atomic E-state index is -0.299. The van der Waals surface area contributed by atoms with Crippen molar-refractivity contribution in [1.82, 2.24) is 5.32 Å². The molecular formula is C17H37NO3. The van der Waals surface area contributed by atoms with Gasteiger partial charge in [0.05, 0.1) is 43.7 Å². The van der Waals surface area contributed by atoms with Gasteiger partial charge in [0.1, 0.15) is 0 Å². The Morgan fingerprint density at radius 1 is 0.762 bits per heavy atom. The maximum Gasteiger partial charge on any atom is 0.0892 e. The van der Waals surface area contributed by atoms with Crippen molar-refractivity contribution in [2.45, 2.75) is 91.7 Å². The molecule has 0 aromatic carbocycles. The lowest BCUT2D eigenvalue weighted by Gasteiger charge is -2.38. The summed E-state index contributed by atoms with van der Waals surface area (Å²) in [6.07, 6.45) is 1.65. The Morgan fingerprint density at radius 2 is 1.19 bits per heavy atom. The Morgan fingerprint density at radius 3 is 1.52 bits per heavy atom. The van der Waals surface area contributed by atoms with Gasteiger partial charge in [-0.1, -0.05) is 20.8 Å². The second-order valence-electron chi connectivity index (χ2n) is 6.83. The first-order valence-electron chi connectivity index (χ1n) is 8.33. The van der Waals surface area contributed by atoms with E-state index in [0.29, 0.717) is 25.9 Å². The molecule has 0 aliphatic rings. The van der Waals surface area contributed by atoms with Gasteiger partial charge in [-0.05, 0) is 41.0 Å². The third-order valence-electron chi connectivity index (χ3n) is 3.20. The van der Waals surface area contributed by atoms with E-state index in [1.54, 1.807) is 0 Å². The van der Waals surface area contributed by atoms with Crippen molar-refractivity contribution in [2.75, 3.05) is 19.8 Å². The molecule has 0 saturated carbocycles. The van der Waals surface area contributed by atoms with Gasteiger partial charge in [0.2, 0.25) is 0 Å². The predicted molar refractivity (Wildman–Crippen MR) is 88.9 cm³/mol. The number of nitrogens with one attached hydrogen (secondary N) is 1. The molecule has 1 unspecified atom stereocenters. The van der Waals surface area contributed by atoms with Crippen molar-refractivity contribution in [1.29, 1.82) is 0 Å². The maximum absolute atomic E-state index is 6.00. The smallest absolute Gasteiger partial charge is 0.0892 e. The van der Waals surface area contributed by atoms with E-state index in [1.807, 2.05) is 0 Å². The Kier molecular flexibility index (Phi) is 10.5. The summed E-state index contributed by atoms with van der Waals surface area (Å²) < 4.78 is 17.8. The number of hydrogen-bond acceptors (Lipinski definition) is 4. The highest BCUT2D eigenvalue weighted by Crippen LogP contribution is 2.14.